The van der Waals surface area contributed by atoms with Crippen molar-refractivity contribution < 1.29 is 0 Å². The van der Waals surface area contributed by atoms with E-state index in [1.807, 2.05) is 0 Å². The zero-order chi connectivity index (χ0) is 7.90. The summed E-state index contributed by atoms with van der Waals surface area (Å²) in [4.78, 5) is 2.51. The first-order chi connectivity index (χ1) is 5.20. The van der Waals surface area contributed by atoms with Crippen LogP contribution in [0.2, 0.25) is 0 Å². The second-order valence-corrected chi connectivity index (χ2v) is 4.32. The average Bonchev–Trinajstić information content (AvgIpc) is 1.94. The van der Waals surface area contributed by atoms with Gasteiger partial charge < -0.3 is 5.73 Å². The Morgan fingerprint density at radius 3 is 2.55 bits per heavy atom. The minimum absolute atomic E-state index is 0.203. The molecule has 0 spiro atoms. The van der Waals surface area contributed by atoms with E-state index in [0.717, 1.165) is 12.6 Å². The Hall–Kier alpha value is -0.0800. The molecule has 0 radical (unpaired) electrons. The molecule has 1 heterocycles. The molecule has 2 heteroatoms. The molecule has 2 N–H and O–H groups in total. The highest BCUT2D eigenvalue weighted by molar-refractivity contribution is 4.97. The highest BCUT2D eigenvalue weighted by Gasteiger charge is 2.37. The van der Waals surface area contributed by atoms with Crippen molar-refractivity contribution in [3.8, 4) is 0 Å². The maximum atomic E-state index is 6.13. The van der Waals surface area contributed by atoms with Crippen LogP contribution in [-0.4, -0.2) is 29.6 Å². The van der Waals surface area contributed by atoms with E-state index in [1.165, 1.54) is 32.2 Å². The zero-order valence-electron chi connectivity index (χ0n) is 7.34. The van der Waals surface area contributed by atoms with Crippen LogP contribution in [-0.2, 0) is 0 Å². The van der Waals surface area contributed by atoms with E-state index >= 15 is 0 Å². The van der Waals surface area contributed by atoms with Gasteiger partial charge in [-0.15, -0.1) is 0 Å². The monoisotopic (exact) mass is 154 g/mol. The van der Waals surface area contributed by atoms with Crippen molar-refractivity contribution >= 4 is 0 Å². The lowest BCUT2D eigenvalue weighted by Crippen LogP contribution is -2.60. The molecule has 2 aliphatic rings. The molecule has 0 amide bonds. The number of rotatable bonds is 2. The van der Waals surface area contributed by atoms with Crippen LogP contribution in [0.1, 0.15) is 32.6 Å². The van der Waals surface area contributed by atoms with E-state index < -0.39 is 0 Å². The van der Waals surface area contributed by atoms with Crippen LogP contribution in [0, 0.1) is 0 Å². The molecule has 1 saturated carbocycles. The minimum Gasteiger partial charge on any atom is -0.324 e. The lowest BCUT2D eigenvalue weighted by molar-refractivity contribution is 0.0499. The summed E-state index contributed by atoms with van der Waals surface area (Å²) in [6.45, 7) is 4.72. The molecule has 64 valence electrons. The number of nitrogens with two attached hydrogens (primary N) is 1. The van der Waals surface area contributed by atoms with Crippen molar-refractivity contribution in [3.05, 3.63) is 0 Å². The SMILES string of the molecule is CC1CCN1CC1(N)CCC1. The van der Waals surface area contributed by atoms with Gasteiger partial charge in [0.15, 0.2) is 0 Å². The number of hydrogen-bond donors (Lipinski definition) is 1. The fourth-order valence-corrected chi connectivity index (χ4v) is 2.00. The first kappa shape index (κ1) is 7.56. The lowest BCUT2D eigenvalue weighted by atomic mass is 9.76. The number of likely N-dealkylation sites (tertiary alicyclic amines) is 1. The molecule has 1 saturated heterocycles. The normalized spacial score (nSPS) is 36.0. The lowest BCUT2D eigenvalue weighted by Gasteiger charge is -2.48. The molecule has 1 aliphatic carbocycles. The van der Waals surface area contributed by atoms with Crippen LogP contribution in [0.25, 0.3) is 0 Å². The third kappa shape index (κ3) is 1.30. The molecule has 0 aromatic carbocycles. The van der Waals surface area contributed by atoms with Gasteiger partial charge >= 0.3 is 0 Å². The van der Waals surface area contributed by atoms with E-state index in [-0.39, 0.29) is 5.54 Å². The summed E-state index contributed by atoms with van der Waals surface area (Å²) < 4.78 is 0. The fraction of sp³-hybridized carbons (Fsp3) is 1.00. The Kier molecular flexibility index (Phi) is 1.69. The van der Waals surface area contributed by atoms with Crippen LogP contribution in [0.5, 0.6) is 0 Å². The number of nitrogens with zero attached hydrogens (tertiary/aromatic N) is 1. The smallest absolute Gasteiger partial charge is 0.0283 e. The van der Waals surface area contributed by atoms with Gasteiger partial charge in [-0.2, -0.15) is 0 Å². The van der Waals surface area contributed by atoms with Crippen LogP contribution in [0.3, 0.4) is 0 Å². The molecule has 0 aromatic heterocycles. The molecular formula is C9H18N2. The summed E-state index contributed by atoms with van der Waals surface area (Å²) in [7, 11) is 0. The summed E-state index contributed by atoms with van der Waals surface area (Å²) in [6, 6.07) is 0.802. The van der Waals surface area contributed by atoms with Crippen molar-refractivity contribution in [2.24, 2.45) is 5.73 Å². The fourth-order valence-electron chi connectivity index (χ4n) is 2.00. The van der Waals surface area contributed by atoms with Crippen molar-refractivity contribution in [3.63, 3.8) is 0 Å². The Balaban J connectivity index is 1.80. The summed E-state index contributed by atoms with van der Waals surface area (Å²) in [5, 5.41) is 0. The molecule has 0 aromatic rings. The molecule has 11 heavy (non-hydrogen) atoms. The standard InChI is InChI=1S/C9H18N2/c1-8-3-6-11(8)7-9(10)4-2-5-9/h8H,2-7,10H2,1H3. The van der Waals surface area contributed by atoms with E-state index in [2.05, 4.69) is 11.8 Å². The average molecular weight is 154 g/mol. The van der Waals surface area contributed by atoms with E-state index in [4.69, 9.17) is 5.73 Å². The van der Waals surface area contributed by atoms with Crippen molar-refractivity contribution in [1.82, 2.24) is 4.90 Å². The summed E-state index contributed by atoms with van der Waals surface area (Å²) in [5.41, 5.74) is 6.34. The Labute approximate surface area is 68.7 Å². The maximum absolute atomic E-state index is 6.13. The molecule has 0 bridgehead atoms. The molecule has 2 nitrogen and oxygen atoms in total. The second-order valence-electron chi connectivity index (χ2n) is 4.32. The van der Waals surface area contributed by atoms with Gasteiger partial charge in [-0.1, -0.05) is 0 Å². The van der Waals surface area contributed by atoms with Gasteiger partial charge in [-0.3, -0.25) is 4.90 Å². The van der Waals surface area contributed by atoms with Crippen molar-refractivity contribution in [2.45, 2.75) is 44.2 Å². The van der Waals surface area contributed by atoms with Gasteiger partial charge in [0.05, 0.1) is 0 Å². The predicted octanol–water partition coefficient (Wildman–Crippen LogP) is 0.962. The molecule has 2 rings (SSSR count). The van der Waals surface area contributed by atoms with Gasteiger partial charge in [0.1, 0.15) is 0 Å². The van der Waals surface area contributed by atoms with Crippen molar-refractivity contribution in [2.75, 3.05) is 13.1 Å². The van der Waals surface area contributed by atoms with E-state index in [1.54, 1.807) is 0 Å². The predicted molar refractivity (Wildman–Crippen MR) is 46.4 cm³/mol. The Morgan fingerprint density at radius 1 is 1.55 bits per heavy atom. The molecule has 2 fully saturated rings. The molecular weight excluding hydrogens is 136 g/mol. The van der Waals surface area contributed by atoms with Gasteiger partial charge in [0, 0.05) is 18.1 Å². The van der Waals surface area contributed by atoms with Gasteiger partial charge in [-0.05, 0) is 39.2 Å². The van der Waals surface area contributed by atoms with E-state index in [0.29, 0.717) is 0 Å². The Bertz CT molecular complexity index is 152. The number of hydrogen-bond acceptors (Lipinski definition) is 2. The first-order valence-corrected chi connectivity index (χ1v) is 4.73. The summed E-state index contributed by atoms with van der Waals surface area (Å²) in [6.07, 6.45) is 5.21. The summed E-state index contributed by atoms with van der Waals surface area (Å²) in [5.74, 6) is 0. The first-order valence-electron chi connectivity index (χ1n) is 4.73. The molecule has 1 unspecified atom stereocenters. The van der Waals surface area contributed by atoms with Gasteiger partial charge in [0.2, 0.25) is 0 Å². The topological polar surface area (TPSA) is 29.3 Å². The van der Waals surface area contributed by atoms with E-state index in [9.17, 15) is 0 Å². The quantitative estimate of drug-likeness (QED) is 0.642. The largest absolute Gasteiger partial charge is 0.324 e. The van der Waals surface area contributed by atoms with Crippen LogP contribution in [0.15, 0.2) is 0 Å². The van der Waals surface area contributed by atoms with Crippen LogP contribution >= 0.6 is 0 Å². The third-order valence-corrected chi connectivity index (χ3v) is 3.32. The second kappa shape index (κ2) is 2.46. The maximum Gasteiger partial charge on any atom is 0.0283 e. The minimum atomic E-state index is 0.203. The highest BCUT2D eigenvalue weighted by atomic mass is 15.2. The summed E-state index contributed by atoms with van der Waals surface area (Å²) >= 11 is 0. The van der Waals surface area contributed by atoms with Crippen LogP contribution in [0.4, 0.5) is 0 Å². The van der Waals surface area contributed by atoms with Crippen LogP contribution < -0.4 is 5.73 Å². The van der Waals surface area contributed by atoms with Gasteiger partial charge in [0.25, 0.3) is 0 Å². The van der Waals surface area contributed by atoms with Gasteiger partial charge in [-0.25, -0.2) is 0 Å². The highest BCUT2D eigenvalue weighted by Crippen LogP contribution is 2.32. The zero-order valence-corrected chi connectivity index (χ0v) is 7.34. The Morgan fingerprint density at radius 2 is 2.27 bits per heavy atom. The van der Waals surface area contributed by atoms with Crippen molar-refractivity contribution in [1.29, 1.82) is 0 Å². The molecule has 1 atom stereocenters. The third-order valence-electron chi connectivity index (χ3n) is 3.32. The molecule has 1 aliphatic heterocycles.